The second kappa shape index (κ2) is 10.3. The molecule has 1 aliphatic heterocycles. The zero-order valence-electron chi connectivity index (χ0n) is 17.8. The highest BCUT2D eigenvalue weighted by molar-refractivity contribution is 5.63. The predicted molar refractivity (Wildman–Crippen MR) is 122 cm³/mol. The molecule has 0 bridgehead atoms. The van der Waals surface area contributed by atoms with Crippen molar-refractivity contribution in [3.8, 4) is 11.8 Å². The number of nitrogens with zero attached hydrogens (tertiary/aromatic N) is 3. The Morgan fingerprint density at radius 2 is 1.81 bits per heavy atom. The fourth-order valence-electron chi connectivity index (χ4n) is 4.19. The van der Waals surface area contributed by atoms with E-state index in [2.05, 4.69) is 28.0 Å². The Labute approximate surface area is 187 Å². The first-order chi connectivity index (χ1) is 15.7. The van der Waals surface area contributed by atoms with Crippen LogP contribution in [0.15, 0.2) is 72.8 Å². The molecule has 4 rings (SSSR count). The molecule has 0 amide bonds. The molecule has 0 radical (unpaired) electrons. The number of rotatable bonds is 7. The van der Waals surface area contributed by atoms with Crippen molar-refractivity contribution >= 4 is 5.69 Å². The molecule has 0 spiro atoms. The van der Waals surface area contributed by atoms with Crippen LogP contribution >= 0.6 is 0 Å². The molecule has 0 unspecified atom stereocenters. The SMILES string of the molecule is N#Cc1cc(OCCO)ccc1N1CCN(Cc2ccccc2)C[C@H]1c1ccc(F)cc1. The molecule has 0 aliphatic carbocycles. The van der Waals surface area contributed by atoms with Crippen molar-refractivity contribution in [2.75, 3.05) is 37.7 Å². The van der Waals surface area contributed by atoms with Crippen LogP contribution in [0.3, 0.4) is 0 Å². The Morgan fingerprint density at radius 3 is 2.53 bits per heavy atom. The van der Waals surface area contributed by atoms with E-state index in [1.165, 1.54) is 17.7 Å². The number of piperazine rings is 1. The van der Waals surface area contributed by atoms with Crippen molar-refractivity contribution in [2.24, 2.45) is 0 Å². The molecule has 3 aromatic rings. The summed E-state index contributed by atoms with van der Waals surface area (Å²) in [7, 11) is 0. The van der Waals surface area contributed by atoms with Gasteiger partial charge in [0.2, 0.25) is 0 Å². The highest BCUT2D eigenvalue weighted by Gasteiger charge is 2.30. The lowest BCUT2D eigenvalue weighted by atomic mass is 9.99. The van der Waals surface area contributed by atoms with Gasteiger partial charge in [0.05, 0.1) is 23.9 Å². The van der Waals surface area contributed by atoms with Crippen LogP contribution in [-0.4, -0.2) is 42.9 Å². The van der Waals surface area contributed by atoms with E-state index in [1.54, 1.807) is 6.07 Å². The van der Waals surface area contributed by atoms with Crippen LogP contribution in [0.25, 0.3) is 0 Å². The van der Waals surface area contributed by atoms with Crippen LogP contribution in [0.5, 0.6) is 5.75 Å². The zero-order chi connectivity index (χ0) is 22.3. The lowest BCUT2D eigenvalue weighted by molar-refractivity contribution is 0.201. The van der Waals surface area contributed by atoms with Crippen LogP contribution in [-0.2, 0) is 6.54 Å². The van der Waals surface area contributed by atoms with Gasteiger partial charge in [0.1, 0.15) is 24.2 Å². The summed E-state index contributed by atoms with van der Waals surface area (Å²) in [5, 5.41) is 18.8. The molecule has 32 heavy (non-hydrogen) atoms. The quantitative estimate of drug-likeness (QED) is 0.610. The van der Waals surface area contributed by atoms with Crippen LogP contribution in [0.2, 0.25) is 0 Å². The Bertz CT molecular complexity index is 1070. The standard InChI is InChI=1S/C26H26FN3O2/c27-23-8-6-21(7-9-23)26-19-29(18-20-4-2-1-3-5-20)12-13-30(26)25-11-10-24(32-15-14-31)16-22(25)17-28/h1-11,16,26,31H,12-15,18-19H2/t26-/m0/s1. The molecule has 1 heterocycles. The van der Waals surface area contributed by atoms with Crippen molar-refractivity contribution in [1.82, 2.24) is 4.90 Å². The molecular weight excluding hydrogens is 405 g/mol. The fourth-order valence-corrected chi connectivity index (χ4v) is 4.19. The minimum Gasteiger partial charge on any atom is -0.491 e. The topological polar surface area (TPSA) is 59.7 Å². The average molecular weight is 432 g/mol. The van der Waals surface area contributed by atoms with Crippen molar-refractivity contribution < 1.29 is 14.2 Å². The summed E-state index contributed by atoms with van der Waals surface area (Å²) in [6.45, 7) is 3.28. The Balaban J connectivity index is 1.63. The summed E-state index contributed by atoms with van der Waals surface area (Å²) in [5.41, 5.74) is 3.61. The van der Waals surface area contributed by atoms with Gasteiger partial charge in [-0.3, -0.25) is 4.90 Å². The molecule has 1 saturated heterocycles. The number of ether oxygens (including phenoxy) is 1. The number of hydrogen-bond acceptors (Lipinski definition) is 5. The van der Waals surface area contributed by atoms with Gasteiger partial charge in [-0.2, -0.15) is 5.26 Å². The van der Waals surface area contributed by atoms with Gasteiger partial charge in [0, 0.05) is 26.2 Å². The van der Waals surface area contributed by atoms with E-state index in [-0.39, 0.29) is 25.1 Å². The summed E-state index contributed by atoms with van der Waals surface area (Å²) >= 11 is 0. The number of hydrogen-bond donors (Lipinski definition) is 1. The zero-order valence-corrected chi connectivity index (χ0v) is 17.8. The summed E-state index contributed by atoms with van der Waals surface area (Å²) in [6, 6.07) is 24.7. The average Bonchev–Trinajstić information content (AvgIpc) is 2.84. The van der Waals surface area contributed by atoms with Gasteiger partial charge in [-0.25, -0.2) is 4.39 Å². The smallest absolute Gasteiger partial charge is 0.123 e. The Morgan fingerprint density at radius 1 is 1.03 bits per heavy atom. The minimum atomic E-state index is -0.264. The maximum atomic E-state index is 13.6. The molecule has 5 nitrogen and oxygen atoms in total. The first-order valence-electron chi connectivity index (χ1n) is 10.7. The van der Waals surface area contributed by atoms with Gasteiger partial charge in [-0.1, -0.05) is 42.5 Å². The lowest BCUT2D eigenvalue weighted by Crippen LogP contribution is -2.48. The maximum Gasteiger partial charge on any atom is 0.123 e. The van der Waals surface area contributed by atoms with E-state index in [9.17, 15) is 9.65 Å². The number of aliphatic hydroxyl groups is 1. The van der Waals surface area contributed by atoms with Crippen molar-refractivity contribution in [3.63, 3.8) is 0 Å². The highest BCUT2D eigenvalue weighted by Crippen LogP contribution is 2.35. The van der Waals surface area contributed by atoms with Crippen molar-refractivity contribution in [2.45, 2.75) is 12.6 Å². The molecule has 1 atom stereocenters. The lowest BCUT2D eigenvalue weighted by Gasteiger charge is -2.43. The second-order valence-electron chi connectivity index (χ2n) is 7.84. The maximum absolute atomic E-state index is 13.6. The third-order valence-electron chi connectivity index (χ3n) is 5.73. The fraction of sp³-hybridized carbons (Fsp3) is 0.269. The normalized spacial score (nSPS) is 16.5. The second-order valence-corrected chi connectivity index (χ2v) is 7.84. The third-order valence-corrected chi connectivity index (χ3v) is 5.73. The molecule has 1 fully saturated rings. The number of halogens is 1. The van der Waals surface area contributed by atoms with E-state index < -0.39 is 0 Å². The van der Waals surface area contributed by atoms with Gasteiger partial charge in [-0.05, 0) is 41.5 Å². The largest absolute Gasteiger partial charge is 0.491 e. The Hall–Kier alpha value is -3.40. The van der Waals surface area contributed by atoms with Crippen molar-refractivity contribution in [3.05, 3.63) is 95.3 Å². The monoisotopic (exact) mass is 431 g/mol. The third kappa shape index (κ3) is 5.08. The van der Waals surface area contributed by atoms with Crippen LogP contribution in [0.4, 0.5) is 10.1 Å². The molecule has 1 aliphatic rings. The van der Waals surface area contributed by atoms with Gasteiger partial charge in [0.15, 0.2) is 0 Å². The van der Waals surface area contributed by atoms with Crippen LogP contribution in [0, 0.1) is 17.1 Å². The van der Waals surface area contributed by atoms with Crippen LogP contribution < -0.4 is 9.64 Å². The first kappa shape index (κ1) is 21.8. The predicted octanol–water partition coefficient (Wildman–Crippen LogP) is 4.13. The first-order valence-corrected chi connectivity index (χ1v) is 10.7. The van der Waals surface area contributed by atoms with Gasteiger partial charge >= 0.3 is 0 Å². The van der Waals surface area contributed by atoms with Gasteiger partial charge in [-0.15, -0.1) is 0 Å². The van der Waals surface area contributed by atoms with E-state index >= 15 is 0 Å². The van der Waals surface area contributed by atoms with E-state index in [0.29, 0.717) is 11.3 Å². The van der Waals surface area contributed by atoms with Crippen LogP contribution in [0.1, 0.15) is 22.7 Å². The molecule has 0 aromatic heterocycles. The Kier molecular flexibility index (Phi) is 7.00. The molecule has 0 saturated carbocycles. The number of benzene rings is 3. The summed E-state index contributed by atoms with van der Waals surface area (Å²) in [6.07, 6.45) is 0. The summed E-state index contributed by atoms with van der Waals surface area (Å²) in [4.78, 5) is 4.62. The highest BCUT2D eigenvalue weighted by atomic mass is 19.1. The molecule has 3 aromatic carbocycles. The summed E-state index contributed by atoms with van der Waals surface area (Å²) in [5.74, 6) is 0.292. The molecular formula is C26H26FN3O2. The summed E-state index contributed by atoms with van der Waals surface area (Å²) < 4.78 is 19.1. The number of aliphatic hydroxyl groups excluding tert-OH is 1. The number of anilines is 1. The van der Waals surface area contributed by atoms with Crippen molar-refractivity contribution in [1.29, 1.82) is 5.26 Å². The molecule has 164 valence electrons. The number of nitriles is 1. The van der Waals surface area contributed by atoms with Gasteiger partial charge < -0.3 is 14.7 Å². The van der Waals surface area contributed by atoms with E-state index in [1.807, 2.05) is 42.5 Å². The molecule has 6 heteroatoms. The van der Waals surface area contributed by atoms with E-state index in [0.717, 1.165) is 37.4 Å². The minimum absolute atomic E-state index is 0.0237. The van der Waals surface area contributed by atoms with E-state index in [4.69, 9.17) is 9.84 Å². The molecule has 1 N–H and O–H groups in total. The van der Waals surface area contributed by atoms with Gasteiger partial charge in [0.25, 0.3) is 0 Å².